The van der Waals surface area contributed by atoms with Crippen LogP contribution in [0, 0.1) is 5.92 Å². The van der Waals surface area contributed by atoms with Crippen LogP contribution in [0.3, 0.4) is 0 Å². The molecule has 1 N–H and O–H groups in total. The zero-order valence-corrected chi connectivity index (χ0v) is 16.8. The Kier molecular flexibility index (Phi) is 5.83. The van der Waals surface area contributed by atoms with Crippen molar-refractivity contribution in [1.82, 2.24) is 10.3 Å². The van der Waals surface area contributed by atoms with Crippen LogP contribution in [0.5, 0.6) is 0 Å². The lowest BCUT2D eigenvalue weighted by molar-refractivity contribution is -0.0518. The van der Waals surface area contributed by atoms with Crippen LogP contribution in [-0.2, 0) is 4.74 Å². The molecule has 1 aliphatic carbocycles. The number of nitrogens with one attached hydrogen (secondary N) is 1. The van der Waals surface area contributed by atoms with Crippen molar-refractivity contribution in [3.05, 3.63) is 46.6 Å². The number of halogens is 3. The van der Waals surface area contributed by atoms with Gasteiger partial charge in [0.05, 0.1) is 35.0 Å². The number of amides is 1. The maximum absolute atomic E-state index is 13.6. The topological polar surface area (TPSA) is 51.2 Å². The Morgan fingerprint density at radius 1 is 1.31 bits per heavy atom. The van der Waals surface area contributed by atoms with Gasteiger partial charge in [0.25, 0.3) is 5.91 Å². The number of ether oxygens (including phenoxy) is 1. The highest BCUT2D eigenvalue weighted by molar-refractivity contribution is 6.35. The van der Waals surface area contributed by atoms with Crippen molar-refractivity contribution in [3.63, 3.8) is 0 Å². The highest BCUT2D eigenvalue weighted by Gasteiger charge is 2.36. The molecule has 1 aliphatic heterocycles. The van der Waals surface area contributed by atoms with Gasteiger partial charge in [0, 0.05) is 24.8 Å². The number of benzene rings is 1. The fourth-order valence-electron chi connectivity index (χ4n) is 4.12. The molecule has 0 radical (unpaired) electrons. The SMILES string of the molecule is O=C(NCC1CCCC(F)(F)C1)c1c(Cl)ccc2nc(C3=CCOCC3)ccc12. The van der Waals surface area contributed by atoms with Gasteiger partial charge in [-0.05, 0) is 55.0 Å². The highest BCUT2D eigenvalue weighted by Crippen LogP contribution is 2.36. The van der Waals surface area contributed by atoms with Crippen molar-refractivity contribution in [2.45, 2.75) is 38.0 Å². The Hall–Kier alpha value is -2.05. The summed E-state index contributed by atoms with van der Waals surface area (Å²) in [4.78, 5) is 17.5. The Morgan fingerprint density at radius 3 is 2.93 bits per heavy atom. The molecule has 0 saturated heterocycles. The first-order chi connectivity index (χ1) is 13.9. The van der Waals surface area contributed by atoms with E-state index in [2.05, 4.69) is 5.32 Å². The van der Waals surface area contributed by atoms with Crippen molar-refractivity contribution in [3.8, 4) is 0 Å². The van der Waals surface area contributed by atoms with Gasteiger partial charge in [-0.15, -0.1) is 0 Å². The normalized spacial score (nSPS) is 21.6. The minimum Gasteiger partial charge on any atom is -0.377 e. The van der Waals surface area contributed by atoms with Crippen molar-refractivity contribution < 1.29 is 18.3 Å². The summed E-state index contributed by atoms with van der Waals surface area (Å²) in [6, 6.07) is 7.18. The first-order valence-corrected chi connectivity index (χ1v) is 10.3. The van der Waals surface area contributed by atoms with Gasteiger partial charge in [-0.25, -0.2) is 13.8 Å². The third-order valence-electron chi connectivity index (χ3n) is 5.63. The molecule has 0 spiro atoms. The summed E-state index contributed by atoms with van der Waals surface area (Å²) >= 11 is 6.32. The first-order valence-electron chi connectivity index (χ1n) is 9.95. The molecule has 154 valence electrons. The highest BCUT2D eigenvalue weighted by atomic mass is 35.5. The smallest absolute Gasteiger partial charge is 0.253 e. The van der Waals surface area contributed by atoms with E-state index in [9.17, 15) is 13.6 Å². The molecule has 4 rings (SSSR count). The molecule has 2 aromatic rings. The lowest BCUT2D eigenvalue weighted by Gasteiger charge is -2.29. The van der Waals surface area contributed by atoms with Gasteiger partial charge in [-0.1, -0.05) is 17.7 Å². The number of alkyl halides is 2. The standard InChI is InChI=1S/C22H23ClF2N2O2/c23-17-4-6-19-16(3-5-18(27-19)15-7-10-29-11-8-15)20(17)21(28)26-13-14-2-1-9-22(24,25)12-14/h3-7,14H,1-2,8-13H2,(H,26,28). The summed E-state index contributed by atoms with van der Waals surface area (Å²) in [6.45, 7) is 1.46. The predicted octanol–water partition coefficient (Wildman–Crippen LogP) is 5.25. The van der Waals surface area contributed by atoms with Gasteiger partial charge >= 0.3 is 0 Å². The van der Waals surface area contributed by atoms with Gasteiger partial charge < -0.3 is 10.1 Å². The van der Waals surface area contributed by atoms with E-state index in [1.807, 2.05) is 18.2 Å². The van der Waals surface area contributed by atoms with Crippen LogP contribution in [0.1, 0.15) is 48.2 Å². The molecule has 0 bridgehead atoms. The molecular weight excluding hydrogens is 398 g/mol. The fraction of sp³-hybridized carbons (Fsp3) is 0.455. The van der Waals surface area contributed by atoms with Crippen LogP contribution in [0.25, 0.3) is 16.5 Å². The van der Waals surface area contributed by atoms with Crippen LogP contribution in [0.4, 0.5) is 8.78 Å². The van der Waals surface area contributed by atoms with E-state index in [1.165, 1.54) is 0 Å². The third kappa shape index (κ3) is 4.59. The fourth-order valence-corrected chi connectivity index (χ4v) is 4.37. The zero-order valence-electron chi connectivity index (χ0n) is 16.0. The van der Waals surface area contributed by atoms with Crippen LogP contribution in [0.2, 0.25) is 5.02 Å². The lowest BCUT2D eigenvalue weighted by atomic mass is 9.86. The monoisotopic (exact) mass is 420 g/mol. The number of nitrogens with zero attached hydrogens (tertiary/aromatic N) is 1. The average Bonchev–Trinajstić information content (AvgIpc) is 2.71. The second kappa shape index (κ2) is 8.36. The number of carbonyl (C=O) groups excluding carboxylic acids is 1. The summed E-state index contributed by atoms with van der Waals surface area (Å²) < 4.78 is 32.6. The minimum absolute atomic E-state index is 0.0663. The Balaban J connectivity index is 1.55. The predicted molar refractivity (Wildman–Crippen MR) is 109 cm³/mol. The molecule has 1 atom stereocenters. The van der Waals surface area contributed by atoms with E-state index in [0.29, 0.717) is 47.5 Å². The van der Waals surface area contributed by atoms with E-state index >= 15 is 0 Å². The Morgan fingerprint density at radius 2 is 2.17 bits per heavy atom. The molecule has 2 heterocycles. The summed E-state index contributed by atoms with van der Waals surface area (Å²) in [5.41, 5.74) is 3.00. The van der Waals surface area contributed by atoms with Crippen molar-refractivity contribution in [1.29, 1.82) is 0 Å². The summed E-state index contributed by atoms with van der Waals surface area (Å²) in [6.07, 6.45) is 3.75. The molecule has 7 heteroatoms. The minimum atomic E-state index is -2.64. The number of fused-ring (bicyclic) bond motifs is 1. The molecule has 1 amide bonds. The third-order valence-corrected chi connectivity index (χ3v) is 5.95. The van der Waals surface area contributed by atoms with Crippen molar-refractivity contribution in [2.24, 2.45) is 5.92 Å². The molecule has 1 aromatic carbocycles. The molecule has 1 aromatic heterocycles. The van der Waals surface area contributed by atoms with E-state index in [-0.39, 0.29) is 31.2 Å². The number of rotatable bonds is 4. The second-order valence-electron chi connectivity index (χ2n) is 7.77. The van der Waals surface area contributed by atoms with Gasteiger partial charge in [0.2, 0.25) is 5.92 Å². The Labute approximate surface area is 173 Å². The van der Waals surface area contributed by atoms with Crippen LogP contribution >= 0.6 is 11.6 Å². The van der Waals surface area contributed by atoms with E-state index in [0.717, 1.165) is 17.7 Å². The average molecular weight is 421 g/mol. The molecule has 4 nitrogen and oxygen atoms in total. The zero-order chi connectivity index (χ0) is 20.4. The number of aromatic nitrogens is 1. The molecule has 1 unspecified atom stereocenters. The molecule has 1 saturated carbocycles. The molecule has 29 heavy (non-hydrogen) atoms. The molecule has 2 aliphatic rings. The van der Waals surface area contributed by atoms with Gasteiger partial charge in [-0.3, -0.25) is 4.79 Å². The van der Waals surface area contributed by atoms with Gasteiger partial charge in [0.15, 0.2) is 0 Å². The van der Waals surface area contributed by atoms with Crippen LogP contribution in [0.15, 0.2) is 30.3 Å². The lowest BCUT2D eigenvalue weighted by Crippen LogP contribution is -2.35. The summed E-state index contributed by atoms with van der Waals surface area (Å²) in [5.74, 6) is -3.21. The van der Waals surface area contributed by atoms with E-state index in [4.69, 9.17) is 21.3 Å². The largest absolute Gasteiger partial charge is 0.377 e. The summed E-state index contributed by atoms with van der Waals surface area (Å²) in [5, 5.41) is 3.78. The number of hydrogen-bond acceptors (Lipinski definition) is 3. The number of hydrogen-bond donors (Lipinski definition) is 1. The van der Waals surface area contributed by atoms with Gasteiger partial charge in [-0.2, -0.15) is 0 Å². The van der Waals surface area contributed by atoms with E-state index < -0.39 is 5.92 Å². The maximum Gasteiger partial charge on any atom is 0.253 e. The van der Waals surface area contributed by atoms with E-state index in [1.54, 1.807) is 12.1 Å². The maximum atomic E-state index is 13.6. The van der Waals surface area contributed by atoms with Crippen LogP contribution in [-0.4, -0.2) is 36.6 Å². The summed E-state index contributed by atoms with van der Waals surface area (Å²) in [7, 11) is 0. The van der Waals surface area contributed by atoms with Crippen LogP contribution < -0.4 is 5.32 Å². The molecule has 1 fully saturated rings. The number of carbonyl (C=O) groups is 1. The quantitative estimate of drug-likeness (QED) is 0.735. The first kappa shape index (κ1) is 20.2. The Bertz CT molecular complexity index is 961. The molecular formula is C22H23ClF2N2O2. The van der Waals surface area contributed by atoms with Gasteiger partial charge in [0.1, 0.15) is 0 Å². The second-order valence-corrected chi connectivity index (χ2v) is 8.18. The number of pyridine rings is 1. The van der Waals surface area contributed by atoms with Crippen molar-refractivity contribution in [2.75, 3.05) is 19.8 Å². The van der Waals surface area contributed by atoms with Crippen molar-refractivity contribution >= 4 is 34.0 Å².